The Labute approximate surface area is 209 Å². The Morgan fingerprint density at radius 1 is 1.11 bits per heavy atom. The van der Waals surface area contributed by atoms with Crippen molar-refractivity contribution in [1.82, 2.24) is 30.0 Å². The highest BCUT2D eigenvalue weighted by Crippen LogP contribution is 2.32. The van der Waals surface area contributed by atoms with Crippen LogP contribution < -0.4 is 10.1 Å². The van der Waals surface area contributed by atoms with Crippen LogP contribution in [0, 0.1) is 0 Å². The molecule has 4 aromatic rings. The van der Waals surface area contributed by atoms with Crippen molar-refractivity contribution < 1.29 is 22.7 Å². The second kappa shape index (κ2) is 10.3. The normalized spacial score (nSPS) is 12.3. The minimum absolute atomic E-state index is 0.200. The first kappa shape index (κ1) is 25.1. The number of hydrogen-bond donors (Lipinski definition) is 1. The largest absolute Gasteiger partial charge is 0.497 e. The summed E-state index contributed by atoms with van der Waals surface area (Å²) in [6.07, 6.45) is -0.188. The van der Waals surface area contributed by atoms with Gasteiger partial charge in [0.1, 0.15) is 17.8 Å². The molecule has 0 aliphatic heterocycles. The highest BCUT2D eigenvalue weighted by Gasteiger charge is 2.32. The number of methoxy groups -OCH3 is 1. The standard InChI is InChI=1S/C24H20ClF3N6O2/c1-14(32-23(35)16-9-17(24(26,27)28)11-18(25)10-16)20-21(30-8-7-29-20)22-31-13-34(33-22)12-15-3-5-19(36-2)6-4-15/h3-11,13-14H,12H2,1-2H3,(H,32,35). The zero-order chi connectivity index (χ0) is 25.9. The SMILES string of the molecule is COc1ccc(Cn2cnc(-c3nccnc3C(C)NC(=O)c3cc(Cl)cc(C(F)(F)F)c3)n2)cc1. The number of alkyl halides is 3. The van der Waals surface area contributed by atoms with E-state index >= 15 is 0 Å². The van der Waals surface area contributed by atoms with E-state index in [1.165, 1.54) is 18.5 Å². The number of halogens is 4. The summed E-state index contributed by atoms with van der Waals surface area (Å²) in [5, 5.41) is 6.91. The number of nitrogens with zero attached hydrogens (tertiary/aromatic N) is 5. The lowest BCUT2D eigenvalue weighted by Gasteiger charge is -2.16. The maximum atomic E-state index is 13.1. The third-order valence-corrected chi connectivity index (χ3v) is 5.44. The Bertz CT molecular complexity index is 1380. The van der Waals surface area contributed by atoms with Crippen LogP contribution in [0.15, 0.2) is 61.2 Å². The molecule has 1 atom stereocenters. The van der Waals surface area contributed by atoms with Gasteiger partial charge in [0, 0.05) is 23.0 Å². The highest BCUT2D eigenvalue weighted by molar-refractivity contribution is 6.31. The molecular formula is C24H20ClF3N6O2. The van der Waals surface area contributed by atoms with Crippen LogP contribution >= 0.6 is 11.6 Å². The minimum Gasteiger partial charge on any atom is -0.497 e. The van der Waals surface area contributed by atoms with Gasteiger partial charge in [-0.25, -0.2) is 14.6 Å². The van der Waals surface area contributed by atoms with Crippen molar-refractivity contribution >= 4 is 17.5 Å². The molecule has 1 unspecified atom stereocenters. The summed E-state index contributed by atoms with van der Waals surface area (Å²) in [6.45, 7) is 2.09. The van der Waals surface area contributed by atoms with Crippen LogP contribution in [0.1, 0.15) is 40.1 Å². The van der Waals surface area contributed by atoms with E-state index in [2.05, 4.69) is 25.4 Å². The van der Waals surface area contributed by atoms with Crippen molar-refractivity contribution in [2.75, 3.05) is 7.11 Å². The summed E-state index contributed by atoms with van der Waals surface area (Å²) in [6, 6.07) is 9.45. The molecule has 12 heteroatoms. The molecule has 0 bridgehead atoms. The summed E-state index contributed by atoms with van der Waals surface area (Å²) in [5.41, 5.74) is 0.424. The lowest BCUT2D eigenvalue weighted by Crippen LogP contribution is -2.28. The van der Waals surface area contributed by atoms with E-state index in [0.29, 0.717) is 17.9 Å². The maximum absolute atomic E-state index is 13.1. The van der Waals surface area contributed by atoms with Crippen molar-refractivity contribution in [3.8, 4) is 17.3 Å². The number of amides is 1. The smallest absolute Gasteiger partial charge is 0.416 e. The van der Waals surface area contributed by atoms with Crippen molar-refractivity contribution in [1.29, 1.82) is 0 Å². The van der Waals surface area contributed by atoms with Gasteiger partial charge in [0.2, 0.25) is 5.82 Å². The predicted octanol–water partition coefficient (Wildman–Crippen LogP) is 4.96. The number of aromatic nitrogens is 5. The topological polar surface area (TPSA) is 94.8 Å². The fourth-order valence-electron chi connectivity index (χ4n) is 3.47. The maximum Gasteiger partial charge on any atom is 0.416 e. The first-order chi connectivity index (χ1) is 17.1. The van der Waals surface area contributed by atoms with Crippen LogP contribution in [0.5, 0.6) is 5.75 Å². The molecule has 0 aliphatic rings. The molecule has 2 aromatic heterocycles. The van der Waals surface area contributed by atoms with E-state index < -0.39 is 23.7 Å². The summed E-state index contributed by atoms with van der Waals surface area (Å²) in [7, 11) is 1.59. The third kappa shape index (κ3) is 5.80. The van der Waals surface area contributed by atoms with Crippen LogP contribution in [0.2, 0.25) is 5.02 Å². The number of rotatable bonds is 7. The molecular weight excluding hydrogens is 497 g/mol. The molecule has 0 spiro atoms. The van der Waals surface area contributed by atoms with Gasteiger partial charge in [0.05, 0.1) is 31.0 Å². The summed E-state index contributed by atoms with van der Waals surface area (Å²) >= 11 is 5.81. The molecule has 1 amide bonds. The number of ether oxygens (including phenoxy) is 1. The van der Waals surface area contributed by atoms with Gasteiger partial charge in [-0.3, -0.25) is 9.78 Å². The molecule has 0 saturated carbocycles. The zero-order valence-electron chi connectivity index (χ0n) is 19.1. The van der Waals surface area contributed by atoms with Crippen LogP contribution in [-0.2, 0) is 12.7 Å². The zero-order valence-corrected chi connectivity index (χ0v) is 19.9. The van der Waals surface area contributed by atoms with Crippen molar-refractivity contribution in [2.45, 2.75) is 25.7 Å². The van der Waals surface area contributed by atoms with Gasteiger partial charge in [-0.05, 0) is 42.8 Å². The molecule has 2 heterocycles. The van der Waals surface area contributed by atoms with Gasteiger partial charge >= 0.3 is 6.18 Å². The van der Waals surface area contributed by atoms with E-state index in [4.69, 9.17) is 16.3 Å². The highest BCUT2D eigenvalue weighted by atomic mass is 35.5. The number of benzene rings is 2. The lowest BCUT2D eigenvalue weighted by molar-refractivity contribution is -0.137. The van der Waals surface area contributed by atoms with Gasteiger partial charge in [-0.2, -0.15) is 13.2 Å². The number of carbonyl (C=O) groups is 1. The Balaban J connectivity index is 1.53. The quantitative estimate of drug-likeness (QED) is 0.373. The summed E-state index contributed by atoms with van der Waals surface area (Å²) in [5.74, 6) is 0.283. The first-order valence-corrected chi connectivity index (χ1v) is 11.0. The molecule has 2 aromatic carbocycles. The summed E-state index contributed by atoms with van der Waals surface area (Å²) < 4.78 is 46.2. The van der Waals surface area contributed by atoms with Gasteiger partial charge in [-0.15, -0.1) is 5.10 Å². The molecule has 8 nitrogen and oxygen atoms in total. The second-order valence-electron chi connectivity index (χ2n) is 7.83. The Morgan fingerprint density at radius 3 is 2.53 bits per heavy atom. The fourth-order valence-corrected chi connectivity index (χ4v) is 3.70. The first-order valence-electron chi connectivity index (χ1n) is 10.7. The van der Waals surface area contributed by atoms with E-state index in [9.17, 15) is 18.0 Å². The Kier molecular flexibility index (Phi) is 7.20. The number of hydrogen-bond acceptors (Lipinski definition) is 6. The minimum atomic E-state index is -4.64. The van der Waals surface area contributed by atoms with Gasteiger partial charge in [-0.1, -0.05) is 23.7 Å². The van der Waals surface area contributed by atoms with Crippen LogP contribution in [-0.4, -0.2) is 37.7 Å². The fraction of sp³-hybridized carbons (Fsp3) is 0.208. The average Bonchev–Trinajstić information content (AvgIpc) is 3.32. The molecule has 1 N–H and O–H groups in total. The van der Waals surface area contributed by atoms with E-state index in [-0.39, 0.29) is 16.4 Å². The molecule has 0 fully saturated rings. The van der Waals surface area contributed by atoms with E-state index in [1.807, 2.05) is 24.3 Å². The molecule has 36 heavy (non-hydrogen) atoms. The molecule has 0 radical (unpaired) electrons. The van der Waals surface area contributed by atoms with Gasteiger partial charge in [0.15, 0.2) is 0 Å². The van der Waals surface area contributed by atoms with Crippen LogP contribution in [0.3, 0.4) is 0 Å². The summed E-state index contributed by atoms with van der Waals surface area (Å²) in [4.78, 5) is 25.7. The lowest BCUT2D eigenvalue weighted by atomic mass is 10.1. The predicted molar refractivity (Wildman–Crippen MR) is 125 cm³/mol. The molecule has 0 aliphatic carbocycles. The van der Waals surface area contributed by atoms with Gasteiger partial charge in [0.25, 0.3) is 5.91 Å². The Hall–Kier alpha value is -3.99. The van der Waals surface area contributed by atoms with Crippen molar-refractivity contribution in [2.24, 2.45) is 0 Å². The average molecular weight is 517 g/mol. The van der Waals surface area contributed by atoms with Crippen molar-refractivity contribution in [3.05, 3.63) is 88.6 Å². The Morgan fingerprint density at radius 2 is 1.83 bits per heavy atom. The van der Waals surface area contributed by atoms with Crippen molar-refractivity contribution in [3.63, 3.8) is 0 Å². The second-order valence-corrected chi connectivity index (χ2v) is 8.26. The third-order valence-electron chi connectivity index (χ3n) is 5.22. The van der Waals surface area contributed by atoms with Gasteiger partial charge < -0.3 is 10.1 Å². The molecule has 4 rings (SSSR count). The van der Waals surface area contributed by atoms with E-state index in [0.717, 1.165) is 23.4 Å². The monoisotopic (exact) mass is 516 g/mol. The number of carbonyl (C=O) groups excluding carboxylic acids is 1. The molecule has 186 valence electrons. The molecule has 0 saturated heterocycles. The van der Waals surface area contributed by atoms with Crippen LogP contribution in [0.25, 0.3) is 11.5 Å². The van der Waals surface area contributed by atoms with Crippen LogP contribution in [0.4, 0.5) is 13.2 Å². The number of nitrogens with one attached hydrogen (secondary N) is 1. The van der Waals surface area contributed by atoms with E-state index in [1.54, 1.807) is 25.0 Å².